The molecule has 2 aliphatic rings. The first-order valence-corrected chi connectivity index (χ1v) is 8.63. The van der Waals surface area contributed by atoms with E-state index in [1.807, 2.05) is 0 Å². The van der Waals surface area contributed by atoms with Crippen LogP contribution in [-0.4, -0.2) is 29.4 Å². The van der Waals surface area contributed by atoms with Gasteiger partial charge in [-0.2, -0.15) is 0 Å². The smallest absolute Gasteiger partial charge is 0.223 e. The molecule has 1 unspecified atom stereocenters. The first kappa shape index (κ1) is 15.8. The Hall–Kier alpha value is -0.570. The number of likely N-dealkylation sites (tertiary alicyclic amines) is 1. The third kappa shape index (κ3) is 4.21. The molecule has 20 heavy (non-hydrogen) atoms. The molecule has 1 saturated heterocycles. The average molecular weight is 280 g/mol. The van der Waals surface area contributed by atoms with Crippen LogP contribution in [-0.2, 0) is 4.79 Å². The van der Waals surface area contributed by atoms with Crippen LogP contribution in [0.15, 0.2) is 0 Å². The van der Waals surface area contributed by atoms with Crippen LogP contribution in [0.1, 0.15) is 71.6 Å². The summed E-state index contributed by atoms with van der Waals surface area (Å²) < 4.78 is 0. The van der Waals surface area contributed by atoms with E-state index in [9.17, 15) is 4.79 Å². The Kier molecular flexibility index (Phi) is 5.88. The molecular formula is C17H32N2O. The van der Waals surface area contributed by atoms with Gasteiger partial charge in [-0.25, -0.2) is 0 Å². The molecule has 3 atom stereocenters. The van der Waals surface area contributed by atoms with Gasteiger partial charge in [0.25, 0.3) is 0 Å². The van der Waals surface area contributed by atoms with Crippen LogP contribution < -0.4 is 5.73 Å². The van der Waals surface area contributed by atoms with Crippen LogP contribution in [0.5, 0.6) is 0 Å². The molecule has 116 valence electrons. The predicted octanol–water partition coefficient (Wildman–Crippen LogP) is 3.32. The van der Waals surface area contributed by atoms with Crippen LogP contribution in [0, 0.1) is 11.8 Å². The van der Waals surface area contributed by atoms with Gasteiger partial charge in [0, 0.05) is 25.0 Å². The number of rotatable bonds is 4. The second kappa shape index (κ2) is 7.44. The summed E-state index contributed by atoms with van der Waals surface area (Å²) in [7, 11) is 0. The molecule has 1 amide bonds. The SMILES string of the molecule is CC(C)CC1CCCCCN1C(=O)C[C@@H]1CCC[C@H]1N. The normalized spacial score (nSPS) is 31.6. The van der Waals surface area contributed by atoms with Gasteiger partial charge in [-0.1, -0.05) is 33.1 Å². The van der Waals surface area contributed by atoms with Gasteiger partial charge in [0.2, 0.25) is 5.91 Å². The molecule has 1 saturated carbocycles. The number of carbonyl (C=O) groups excluding carboxylic acids is 1. The second-order valence-electron chi connectivity index (χ2n) is 7.28. The van der Waals surface area contributed by atoms with Gasteiger partial charge in [0.05, 0.1) is 0 Å². The summed E-state index contributed by atoms with van der Waals surface area (Å²) in [6.07, 6.45) is 10.2. The Morgan fingerprint density at radius 1 is 1.15 bits per heavy atom. The summed E-state index contributed by atoms with van der Waals surface area (Å²) in [5, 5.41) is 0. The van der Waals surface area contributed by atoms with E-state index >= 15 is 0 Å². The Bertz CT molecular complexity index is 316. The zero-order valence-electron chi connectivity index (χ0n) is 13.3. The van der Waals surface area contributed by atoms with Crippen LogP contribution in [0.2, 0.25) is 0 Å². The molecular weight excluding hydrogens is 248 g/mol. The Morgan fingerprint density at radius 2 is 1.95 bits per heavy atom. The largest absolute Gasteiger partial charge is 0.340 e. The van der Waals surface area contributed by atoms with Gasteiger partial charge in [0.1, 0.15) is 0 Å². The fourth-order valence-corrected chi connectivity index (χ4v) is 3.96. The van der Waals surface area contributed by atoms with Gasteiger partial charge in [0.15, 0.2) is 0 Å². The van der Waals surface area contributed by atoms with E-state index in [-0.39, 0.29) is 6.04 Å². The number of hydrogen-bond donors (Lipinski definition) is 1. The highest BCUT2D eigenvalue weighted by atomic mass is 16.2. The summed E-state index contributed by atoms with van der Waals surface area (Å²) in [4.78, 5) is 14.9. The molecule has 1 heterocycles. The van der Waals surface area contributed by atoms with Crippen molar-refractivity contribution in [2.45, 2.75) is 83.7 Å². The van der Waals surface area contributed by atoms with Crippen molar-refractivity contribution in [1.29, 1.82) is 0 Å². The van der Waals surface area contributed by atoms with Crippen molar-refractivity contribution in [3.63, 3.8) is 0 Å². The second-order valence-corrected chi connectivity index (χ2v) is 7.28. The lowest BCUT2D eigenvalue weighted by molar-refractivity contribution is -0.134. The molecule has 0 bridgehead atoms. The predicted molar refractivity (Wildman–Crippen MR) is 83.4 cm³/mol. The molecule has 0 aromatic heterocycles. The molecule has 0 radical (unpaired) electrons. The first-order chi connectivity index (χ1) is 9.58. The molecule has 0 spiro atoms. The fraction of sp³-hybridized carbons (Fsp3) is 0.941. The first-order valence-electron chi connectivity index (χ1n) is 8.63. The molecule has 0 aromatic rings. The van der Waals surface area contributed by atoms with Crippen molar-refractivity contribution in [2.24, 2.45) is 17.6 Å². The van der Waals surface area contributed by atoms with Crippen LogP contribution in [0.3, 0.4) is 0 Å². The minimum Gasteiger partial charge on any atom is -0.340 e. The highest BCUT2D eigenvalue weighted by molar-refractivity contribution is 5.77. The third-order valence-corrected chi connectivity index (χ3v) is 5.10. The number of carbonyl (C=O) groups is 1. The number of nitrogens with two attached hydrogens (primary N) is 1. The standard InChI is InChI=1S/C17H32N2O/c1-13(2)11-15-8-4-3-5-10-19(15)17(20)12-14-7-6-9-16(14)18/h13-16H,3-12,18H2,1-2H3/t14-,15?,16+/m0/s1. The highest BCUT2D eigenvalue weighted by Gasteiger charge is 2.31. The summed E-state index contributed by atoms with van der Waals surface area (Å²) >= 11 is 0. The number of amides is 1. The average Bonchev–Trinajstić information content (AvgIpc) is 2.64. The van der Waals surface area contributed by atoms with Crippen LogP contribution >= 0.6 is 0 Å². The maximum atomic E-state index is 12.7. The van der Waals surface area contributed by atoms with Crippen molar-refractivity contribution < 1.29 is 4.79 Å². The Balaban J connectivity index is 1.96. The lowest BCUT2D eigenvalue weighted by atomic mass is 9.96. The van der Waals surface area contributed by atoms with Crippen molar-refractivity contribution in [3.05, 3.63) is 0 Å². The fourth-order valence-electron chi connectivity index (χ4n) is 3.96. The van der Waals surface area contributed by atoms with Crippen molar-refractivity contribution in [2.75, 3.05) is 6.54 Å². The number of hydrogen-bond acceptors (Lipinski definition) is 2. The molecule has 2 N–H and O–H groups in total. The molecule has 1 aliphatic carbocycles. The van der Waals surface area contributed by atoms with E-state index in [0.29, 0.717) is 30.2 Å². The lowest BCUT2D eigenvalue weighted by Gasteiger charge is -2.32. The van der Waals surface area contributed by atoms with E-state index in [2.05, 4.69) is 18.7 Å². The van der Waals surface area contributed by atoms with Gasteiger partial charge in [-0.15, -0.1) is 0 Å². The van der Waals surface area contributed by atoms with Crippen molar-refractivity contribution in [3.8, 4) is 0 Å². The van der Waals surface area contributed by atoms with E-state index in [1.54, 1.807) is 0 Å². The van der Waals surface area contributed by atoms with Crippen molar-refractivity contribution in [1.82, 2.24) is 4.90 Å². The minimum atomic E-state index is 0.259. The van der Waals surface area contributed by atoms with E-state index in [4.69, 9.17) is 5.73 Å². The van der Waals surface area contributed by atoms with Crippen LogP contribution in [0.4, 0.5) is 0 Å². The molecule has 2 fully saturated rings. The summed E-state index contributed by atoms with van der Waals surface area (Å²) in [5.41, 5.74) is 6.13. The van der Waals surface area contributed by atoms with Crippen LogP contribution in [0.25, 0.3) is 0 Å². The zero-order chi connectivity index (χ0) is 14.5. The Morgan fingerprint density at radius 3 is 2.60 bits per heavy atom. The molecule has 1 aliphatic heterocycles. The third-order valence-electron chi connectivity index (χ3n) is 5.10. The molecule has 2 rings (SSSR count). The minimum absolute atomic E-state index is 0.259. The van der Waals surface area contributed by atoms with E-state index < -0.39 is 0 Å². The zero-order valence-corrected chi connectivity index (χ0v) is 13.3. The van der Waals surface area contributed by atoms with E-state index in [0.717, 1.165) is 25.8 Å². The highest BCUT2D eigenvalue weighted by Crippen LogP contribution is 2.29. The van der Waals surface area contributed by atoms with Gasteiger partial charge in [-0.3, -0.25) is 4.79 Å². The topological polar surface area (TPSA) is 46.3 Å². The summed E-state index contributed by atoms with van der Waals surface area (Å²) in [5.74, 6) is 1.48. The van der Waals surface area contributed by atoms with Gasteiger partial charge < -0.3 is 10.6 Å². The summed E-state index contributed by atoms with van der Waals surface area (Å²) in [6.45, 7) is 5.50. The molecule has 3 nitrogen and oxygen atoms in total. The molecule has 3 heteroatoms. The molecule has 0 aromatic carbocycles. The Labute approximate surface area is 124 Å². The maximum absolute atomic E-state index is 12.7. The van der Waals surface area contributed by atoms with Crippen molar-refractivity contribution >= 4 is 5.91 Å². The quantitative estimate of drug-likeness (QED) is 0.858. The monoisotopic (exact) mass is 280 g/mol. The number of nitrogens with zero attached hydrogens (tertiary/aromatic N) is 1. The summed E-state index contributed by atoms with van der Waals surface area (Å²) in [6, 6.07) is 0.733. The van der Waals surface area contributed by atoms with E-state index in [1.165, 1.54) is 32.1 Å². The lowest BCUT2D eigenvalue weighted by Crippen LogP contribution is -2.42. The maximum Gasteiger partial charge on any atom is 0.223 e. The van der Waals surface area contributed by atoms with Gasteiger partial charge >= 0.3 is 0 Å². The van der Waals surface area contributed by atoms with Gasteiger partial charge in [-0.05, 0) is 43.9 Å².